The maximum absolute atomic E-state index is 12.1. The third-order valence-corrected chi connectivity index (χ3v) is 5.12. The summed E-state index contributed by atoms with van der Waals surface area (Å²) in [6, 6.07) is 0. The van der Waals surface area contributed by atoms with E-state index in [0.717, 1.165) is 24.6 Å². The lowest BCUT2D eigenvalue weighted by Gasteiger charge is -2.37. The van der Waals surface area contributed by atoms with Gasteiger partial charge in [-0.1, -0.05) is 39.0 Å². The number of aliphatic hydroxyl groups excluding tert-OH is 1. The van der Waals surface area contributed by atoms with Gasteiger partial charge in [0, 0.05) is 0 Å². The normalized spacial score (nSPS) is 39.5. The Kier molecular flexibility index (Phi) is 5.15. The van der Waals surface area contributed by atoms with Gasteiger partial charge in [0.05, 0.1) is 6.61 Å². The van der Waals surface area contributed by atoms with E-state index < -0.39 is 10.9 Å². The zero-order chi connectivity index (χ0) is 14.0. The van der Waals surface area contributed by atoms with Crippen molar-refractivity contribution in [3.05, 3.63) is 0 Å². The Bertz CT molecular complexity index is 321. The summed E-state index contributed by atoms with van der Waals surface area (Å²) in [4.78, 5) is 12.1. The monoisotopic (exact) mass is 288 g/mol. The summed E-state index contributed by atoms with van der Waals surface area (Å²) in [5, 5.41) is 9.37. The molecule has 1 N–H and O–H groups in total. The fourth-order valence-electron chi connectivity index (χ4n) is 2.97. The molecule has 0 aromatic rings. The summed E-state index contributed by atoms with van der Waals surface area (Å²) in [5.74, 6) is 1.24. The minimum Gasteiger partial charge on any atom is -0.459 e. The number of rotatable bonds is 3. The summed E-state index contributed by atoms with van der Waals surface area (Å²) in [5.41, 5.74) is -1.26. The van der Waals surface area contributed by atoms with Gasteiger partial charge in [0.2, 0.25) is 5.44 Å². The van der Waals surface area contributed by atoms with Crippen molar-refractivity contribution in [2.75, 3.05) is 6.61 Å². The van der Waals surface area contributed by atoms with Gasteiger partial charge in [-0.15, -0.1) is 0 Å². The van der Waals surface area contributed by atoms with E-state index in [0.29, 0.717) is 17.8 Å². The number of carbonyl (C=O) groups is 1. The number of ether oxygens (including phenoxy) is 2. The summed E-state index contributed by atoms with van der Waals surface area (Å²) in [7, 11) is 0. The van der Waals surface area contributed by atoms with Gasteiger partial charge in [0.25, 0.3) is 0 Å². The predicted octanol–water partition coefficient (Wildman–Crippen LogP) is 2.40. The van der Waals surface area contributed by atoms with Gasteiger partial charge in [-0.2, -0.15) is 0 Å². The maximum Gasteiger partial charge on any atom is 0.346 e. The second-order valence-electron chi connectivity index (χ2n) is 6.06. The fourth-order valence-corrected chi connectivity index (χ4v) is 3.74. The van der Waals surface area contributed by atoms with E-state index in [1.54, 1.807) is 0 Å². The van der Waals surface area contributed by atoms with Crippen LogP contribution in [0.5, 0.6) is 0 Å². The molecule has 2 rings (SSSR count). The van der Waals surface area contributed by atoms with Crippen molar-refractivity contribution < 1.29 is 19.4 Å². The Morgan fingerprint density at radius 3 is 2.74 bits per heavy atom. The van der Waals surface area contributed by atoms with Gasteiger partial charge >= 0.3 is 5.97 Å². The second-order valence-corrected chi connectivity index (χ2v) is 7.30. The Labute approximate surface area is 119 Å². The number of aliphatic hydroxyl groups is 1. The van der Waals surface area contributed by atoms with Crippen LogP contribution in [0.3, 0.4) is 0 Å². The first-order valence-corrected chi connectivity index (χ1v) is 8.07. The molecule has 2 unspecified atom stereocenters. The number of thioether (sulfide) groups is 1. The van der Waals surface area contributed by atoms with Crippen molar-refractivity contribution >= 4 is 17.7 Å². The number of hydrogen-bond donors (Lipinski definition) is 1. The average Bonchev–Trinajstić information content (AvgIpc) is 2.75. The molecule has 0 amide bonds. The lowest BCUT2D eigenvalue weighted by Crippen LogP contribution is -2.37. The van der Waals surface area contributed by atoms with Crippen LogP contribution in [0.15, 0.2) is 0 Å². The van der Waals surface area contributed by atoms with Crippen LogP contribution in [0.2, 0.25) is 0 Å². The van der Waals surface area contributed by atoms with Gasteiger partial charge in [0.15, 0.2) is 0 Å². The van der Waals surface area contributed by atoms with Gasteiger partial charge < -0.3 is 14.6 Å². The molecule has 1 saturated heterocycles. The zero-order valence-corrected chi connectivity index (χ0v) is 12.7. The molecule has 0 bridgehead atoms. The molecule has 2 fully saturated rings. The molecule has 1 aliphatic heterocycles. The molecule has 0 radical (unpaired) electrons. The average molecular weight is 288 g/mol. The van der Waals surface area contributed by atoms with E-state index in [1.807, 2.05) is 0 Å². The SMILES string of the molecule is CC(C)[C@@H]1CC[C@H](C)CC1OC(=O)[C@@H]1OCC(O)S1. The first-order valence-electron chi connectivity index (χ1n) is 7.13. The van der Waals surface area contributed by atoms with Gasteiger partial charge in [0.1, 0.15) is 11.5 Å². The molecule has 0 aromatic heterocycles. The van der Waals surface area contributed by atoms with Gasteiger partial charge in [-0.25, -0.2) is 4.79 Å². The lowest BCUT2D eigenvalue weighted by molar-refractivity contribution is -0.162. The van der Waals surface area contributed by atoms with Gasteiger partial charge in [-0.05, 0) is 30.6 Å². The van der Waals surface area contributed by atoms with E-state index in [-0.39, 0.29) is 18.7 Å². The van der Waals surface area contributed by atoms with E-state index in [2.05, 4.69) is 20.8 Å². The Morgan fingerprint density at radius 1 is 1.42 bits per heavy atom. The topological polar surface area (TPSA) is 55.8 Å². The number of esters is 1. The smallest absolute Gasteiger partial charge is 0.346 e. The van der Waals surface area contributed by atoms with Crippen molar-refractivity contribution in [3.8, 4) is 0 Å². The highest BCUT2D eigenvalue weighted by atomic mass is 32.2. The molecule has 2 aliphatic rings. The summed E-state index contributed by atoms with van der Waals surface area (Å²) < 4.78 is 10.9. The van der Waals surface area contributed by atoms with Crippen LogP contribution in [0.25, 0.3) is 0 Å². The molecule has 1 saturated carbocycles. The molecule has 5 heteroatoms. The highest BCUT2D eigenvalue weighted by Crippen LogP contribution is 2.36. The molecule has 0 aromatic carbocycles. The molecule has 0 spiro atoms. The first kappa shape index (κ1) is 15.1. The zero-order valence-electron chi connectivity index (χ0n) is 11.9. The summed E-state index contributed by atoms with van der Waals surface area (Å²) in [6.07, 6.45) is 3.27. The Hall–Kier alpha value is -0.260. The van der Waals surface area contributed by atoms with E-state index in [9.17, 15) is 9.90 Å². The molecule has 19 heavy (non-hydrogen) atoms. The highest BCUT2D eigenvalue weighted by Gasteiger charge is 2.37. The van der Waals surface area contributed by atoms with Crippen LogP contribution >= 0.6 is 11.8 Å². The van der Waals surface area contributed by atoms with Crippen LogP contribution < -0.4 is 0 Å². The minimum absolute atomic E-state index is 0.00167. The molecule has 1 aliphatic carbocycles. The second kappa shape index (κ2) is 6.46. The molecule has 1 heterocycles. The predicted molar refractivity (Wildman–Crippen MR) is 74.6 cm³/mol. The van der Waals surface area contributed by atoms with Crippen LogP contribution in [-0.4, -0.2) is 34.7 Å². The van der Waals surface area contributed by atoms with Crippen molar-refractivity contribution in [3.63, 3.8) is 0 Å². The molecular formula is C14H24O4S. The van der Waals surface area contributed by atoms with Crippen molar-refractivity contribution in [2.24, 2.45) is 17.8 Å². The number of hydrogen-bond acceptors (Lipinski definition) is 5. The van der Waals surface area contributed by atoms with Crippen LogP contribution in [0.1, 0.15) is 40.0 Å². The lowest BCUT2D eigenvalue weighted by atomic mass is 9.75. The summed E-state index contributed by atoms with van der Waals surface area (Å²) >= 11 is 1.13. The van der Waals surface area contributed by atoms with E-state index >= 15 is 0 Å². The minimum atomic E-state index is -0.653. The van der Waals surface area contributed by atoms with Crippen molar-refractivity contribution in [1.29, 1.82) is 0 Å². The molecule has 5 atom stereocenters. The van der Waals surface area contributed by atoms with Crippen molar-refractivity contribution in [2.45, 2.75) is 57.0 Å². The molecule has 110 valence electrons. The Balaban J connectivity index is 1.92. The van der Waals surface area contributed by atoms with Crippen LogP contribution in [-0.2, 0) is 14.3 Å². The van der Waals surface area contributed by atoms with E-state index in [4.69, 9.17) is 9.47 Å². The van der Waals surface area contributed by atoms with Crippen molar-refractivity contribution in [1.82, 2.24) is 0 Å². The van der Waals surface area contributed by atoms with Gasteiger partial charge in [-0.3, -0.25) is 0 Å². The standard InChI is InChI=1S/C14H24O4S/c1-8(2)10-5-4-9(3)6-11(10)18-13(16)14-17-7-12(15)19-14/h8-12,14-15H,4-7H2,1-3H3/t9-,10-,11?,12?,14+/m0/s1. The summed E-state index contributed by atoms with van der Waals surface area (Å²) in [6.45, 7) is 6.79. The molecular weight excluding hydrogens is 264 g/mol. The Morgan fingerprint density at radius 2 is 2.16 bits per heavy atom. The van der Waals surface area contributed by atoms with E-state index in [1.165, 1.54) is 6.42 Å². The third-order valence-electron chi connectivity index (χ3n) is 4.09. The first-order chi connectivity index (χ1) is 8.97. The maximum atomic E-state index is 12.1. The van der Waals surface area contributed by atoms with Crippen LogP contribution in [0, 0.1) is 17.8 Å². The third kappa shape index (κ3) is 3.86. The molecule has 4 nitrogen and oxygen atoms in total. The quantitative estimate of drug-likeness (QED) is 0.808. The largest absolute Gasteiger partial charge is 0.459 e. The number of carbonyl (C=O) groups excluding carboxylic acids is 1. The highest BCUT2D eigenvalue weighted by molar-refractivity contribution is 8.01. The fraction of sp³-hybridized carbons (Fsp3) is 0.929. The van der Waals surface area contributed by atoms with Crippen LogP contribution in [0.4, 0.5) is 0 Å².